The van der Waals surface area contributed by atoms with Crippen molar-refractivity contribution < 1.29 is 0 Å². The summed E-state index contributed by atoms with van der Waals surface area (Å²) in [4.78, 5) is 6.86. The van der Waals surface area contributed by atoms with Gasteiger partial charge in [-0.1, -0.05) is 13.0 Å². The summed E-state index contributed by atoms with van der Waals surface area (Å²) in [6, 6.07) is 7.85. The zero-order valence-corrected chi connectivity index (χ0v) is 11.5. The van der Waals surface area contributed by atoms with Gasteiger partial charge in [0.1, 0.15) is 0 Å². The topological polar surface area (TPSA) is 39.9 Å². The van der Waals surface area contributed by atoms with Crippen LogP contribution in [0.4, 0.5) is 0 Å². The Hall–Kier alpha value is -1.40. The Labute approximate surface area is 115 Å². The van der Waals surface area contributed by atoms with Crippen LogP contribution in [0.3, 0.4) is 0 Å². The van der Waals surface area contributed by atoms with Gasteiger partial charge in [-0.3, -0.25) is 9.88 Å². The number of hydrogen-bond acceptors (Lipinski definition) is 3. The summed E-state index contributed by atoms with van der Waals surface area (Å²) in [5.41, 5.74) is 0.815. The fourth-order valence-corrected chi connectivity index (χ4v) is 4.00. The summed E-state index contributed by atoms with van der Waals surface area (Å²) < 4.78 is 0. The van der Waals surface area contributed by atoms with E-state index in [1.165, 1.54) is 25.8 Å². The SMILES string of the molecule is CCCN1C2CCC1CC(C#N)(c1cccnc1)C2. The molecular weight excluding hydrogens is 234 g/mol. The minimum atomic E-state index is -0.301. The monoisotopic (exact) mass is 255 g/mol. The van der Waals surface area contributed by atoms with Crippen LogP contribution >= 0.6 is 0 Å². The van der Waals surface area contributed by atoms with Gasteiger partial charge in [0.15, 0.2) is 0 Å². The molecule has 2 aliphatic heterocycles. The molecule has 3 rings (SSSR count). The van der Waals surface area contributed by atoms with Crippen LogP contribution in [0, 0.1) is 11.3 Å². The molecule has 2 fully saturated rings. The number of piperidine rings is 1. The first-order chi connectivity index (χ1) is 9.29. The van der Waals surface area contributed by atoms with Gasteiger partial charge in [0.2, 0.25) is 0 Å². The van der Waals surface area contributed by atoms with Gasteiger partial charge in [0, 0.05) is 24.5 Å². The molecule has 1 aromatic heterocycles. The molecule has 0 saturated carbocycles. The molecular formula is C16H21N3. The lowest BCUT2D eigenvalue weighted by atomic mass is 9.71. The van der Waals surface area contributed by atoms with E-state index in [-0.39, 0.29) is 5.41 Å². The number of hydrogen-bond donors (Lipinski definition) is 0. The van der Waals surface area contributed by atoms with Crippen molar-refractivity contribution in [3.8, 4) is 6.07 Å². The zero-order chi connectivity index (χ0) is 13.3. The zero-order valence-electron chi connectivity index (χ0n) is 11.5. The van der Waals surface area contributed by atoms with Crippen LogP contribution in [0.15, 0.2) is 24.5 Å². The molecule has 100 valence electrons. The van der Waals surface area contributed by atoms with Crippen molar-refractivity contribution in [3.63, 3.8) is 0 Å². The third kappa shape index (κ3) is 2.04. The van der Waals surface area contributed by atoms with Crippen molar-refractivity contribution in [3.05, 3.63) is 30.1 Å². The fraction of sp³-hybridized carbons (Fsp3) is 0.625. The lowest BCUT2D eigenvalue weighted by Crippen LogP contribution is -2.49. The molecule has 19 heavy (non-hydrogen) atoms. The lowest BCUT2D eigenvalue weighted by Gasteiger charge is -2.43. The van der Waals surface area contributed by atoms with Gasteiger partial charge >= 0.3 is 0 Å². The molecule has 2 bridgehead atoms. The molecule has 2 saturated heterocycles. The molecule has 0 aliphatic carbocycles. The highest BCUT2D eigenvalue weighted by atomic mass is 15.2. The van der Waals surface area contributed by atoms with Crippen LogP contribution in [0.2, 0.25) is 0 Å². The molecule has 2 atom stereocenters. The molecule has 3 heterocycles. The number of pyridine rings is 1. The highest BCUT2D eigenvalue weighted by Gasteiger charge is 2.49. The highest BCUT2D eigenvalue weighted by molar-refractivity contribution is 5.33. The number of nitrogens with zero attached hydrogens (tertiary/aromatic N) is 3. The van der Waals surface area contributed by atoms with E-state index >= 15 is 0 Å². The standard InChI is InChI=1S/C16H21N3/c1-2-8-19-14-5-6-15(19)10-16(9-14,12-17)13-4-3-7-18-11-13/h3-4,7,11,14-15H,2,5-6,8-10H2,1H3. The van der Waals surface area contributed by atoms with Crippen LogP contribution in [-0.4, -0.2) is 28.5 Å². The third-order valence-electron chi connectivity index (χ3n) is 4.85. The maximum Gasteiger partial charge on any atom is 0.0866 e. The Morgan fingerprint density at radius 3 is 2.68 bits per heavy atom. The molecule has 0 amide bonds. The number of fused-ring (bicyclic) bond motifs is 2. The van der Waals surface area contributed by atoms with Gasteiger partial charge in [0.25, 0.3) is 0 Å². The Kier molecular flexibility index (Phi) is 3.28. The average Bonchev–Trinajstić information content (AvgIpc) is 2.72. The average molecular weight is 255 g/mol. The van der Waals surface area contributed by atoms with E-state index in [0.29, 0.717) is 12.1 Å². The predicted molar refractivity (Wildman–Crippen MR) is 74.6 cm³/mol. The summed E-state index contributed by atoms with van der Waals surface area (Å²) >= 11 is 0. The normalized spacial score (nSPS) is 34.1. The molecule has 0 aromatic carbocycles. The number of aromatic nitrogens is 1. The molecule has 2 aliphatic rings. The molecule has 3 heteroatoms. The summed E-state index contributed by atoms with van der Waals surface area (Å²) in [6.07, 6.45) is 9.35. The van der Waals surface area contributed by atoms with Gasteiger partial charge in [-0.15, -0.1) is 0 Å². The smallest absolute Gasteiger partial charge is 0.0866 e. The highest BCUT2D eigenvalue weighted by Crippen LogP contribution is 2.46. The van der Waals surface area contributed by atoms with Crippen LogP contribution < -0.4 is 0 Å². The first kappa shape index (κ1) is 12.6. The van der Waals surface area contributed by atoms with Crippen LogP contribution in [0.1, 0.15) is 44.6 Å². The molecule has 2 unspecified atom stereocenters. The van der Waals surface area contributed by atoms with Crippen molar-refractivity contribution in [2.75, 3.05) is 6.54 Å². The Morgan fingerprint density at radius 2 is 2.16 bits per heavy atom. The summed E-state index contributed by atoms with van der Waals surface area (Å²) in [6.45, 7) is 3.43. The maximum atomic E-state index is 9.78. The molecule has 0 spiro atoms. The van der Waals surface area contributed by atoms with Gasteiger partial charge in [-0.25, -0.2) is 0 Å². The summed E-state index contributed by atoms with van der Waals surface area (Å²) in [5.74, 6) is 0. The van der Waals surface area contributed by atoms with E-state index in [4.69, 9.17) is 0 Å². The minimum Gasteiger partial charge on any atom is -0.297 e. The quantitative estimate of drug-likeness (QED) is 0.833. The molecule has 1 aromatic rings. The second kappa shape index (κ2) is 4.94. The van der Waals surface area contributed by atoms with E-state index < -0.39 is 0 Å². The van der Waals surface area contributed by atoms with Crippen LogP contribution in [0.25, 0.3) is 0 Å². The van der Waals surface area contributed by atoms with Crippen molar-refractivity contribution in [1.29, 1.82) is 5.26 Å². The predicted octanol–water partition coefficient (Wildman–Crippen LogP) is 2.88. The third-order valence-corrected chi connectivity index (χ3v) is 4.85. The van der Waals surface area contributed by atoms with Crippen molar-refractivity contribution >= 4 is 0 Å². The summed E-state index contributed by atoms with van der Waals surface area (Å²) in [7, 11) is 0. The first-order valence-corrected chi connectivity index (χ1v) is 7.36. The van der Waals surface area contributed by atoms with Crippen molar-refractivity contribution in [2.24, 2.45) is 0 Å². The number of rotatable bonds is 3. The van der Waals surface area contributed by atoms with Gasteiger partial charge < -0.3 is 0 Å². The van der Waals surface area contributed by atoms with E-state index in [1.807, 2.05) is 12.3 Å². The van der Waals surface area contributed by atoms with Crippen LogP contribution in [-0.2, 0) is 5.41 Å². The van der Waals surface area contributed by atoms with E-state index in [2.05, 4.69) is 28.9 Å². The maximum absolute atomic E-state index is 9.78. The number of nitriles is 1. The second-order valence-electron chi connectivity index (χ2n) is 5.97. The van der Waals surface area contributed by atoms with Gasteiger partial charge in [-0.05, 0) is 50.3 Å². The van der Waals surface area contributed by atoms with Crippen molar-refractivity contribution in [1.82, 2.24) is 9.88 Å². The Balaban J connectivity index is 1.90. The fourth-order valence-electron chi connectivity index (χ4n) is 4.00. The van der Waals surface area contributed by atoms with E-state index in [9.17, 15) is 5.26 Å². The molecule has 3 nitrogen and oxygen atoms in total. The van der Waals surface area contributed by atoms with Crippen molar-refractivity contribution in [2.45, 2.75) is 56.5 Å². The second-order valence-corrected chi connectivity index (χ2v) is 5.97. The largest absolute Gasteiger partial charge is 0.297 e. The van der Waals surface area contributed by atoms with Crippen LogP contribution in [0.5, 0.6) is 0 Å². The Morgan fingerprint density at radius 1 is 1.42 bits per heavy atom. The van der Waals surface area contributed by atoms with Gasteiger partial charge in [0.05, 0.1) is 11.5 Å². The Bertz CT molecular complexity index is 463. The van der Waals surface area contributed by atoms with E-state index in [1.54, 1.807) is 6.20 Å². The first-order valence-electron chi connectivity index (χ1n) is 7.36. The molecule has 0 N–H and O–H groups in total. The minimum absolute atomic E-state index is 0.301. The molecule has 0 radical (unpaired) electrons. The van der Waals surface area contributed by atoms with E-state index in [0.717, 1.165) is 18.4 Å². The summed E-state index contributed by atoms with van der Waals surface area (Å²) in [5, 5.41) is 9.78. The van der Waals surface area contributed by atoms with Gasteiger partial charge in [-0.2, -0.15) is 5.26 Å². The lowest BCUT2D eigenvalue weighted by molar-refractivity contribution is 0.105.